The molecule has 4 rings (SSSR count). The Labute approximate surface area is 183 Å². The molecule has 0 spiro atoms. The first kappa shape index (κ1) is 21.6. The smallest absolute Gasteiger partial charge is 0.322 e. The quantitative estimate of drug-likeness (QED) is 0.765. The highest BCUT2D eigenvalue weighted by Crippen LogP contribution is 2.25. The van der Waals surface area contributed by atoms with E-state index in [0.29, 0.717) is 50.5 Å². The highest BCUT2D eigenvalue weighted by molar-refractivity contribution is 7.89. The second-order valence-electron chi connectivity index (χ2n) is 8.26. The Morgan fingerprint density at radius 2 is 1.77 bits per heavy atom. The number of fused-ring (bicyclic) bond motifs is 1. The van der Waals surface area contributed by atoms with Crippen molar-refractivity contribution in [3.8, 4) is 5.75 Å². The van der Waals surface area contributed by atoms with Gasteiger partial charge in [-0.15, -0.1) is 0 Å². The zero-order valence-electron chi connectivity index (χ0n) is 17.8. The van der Waals surface area contributed by atoms with E-state index in [-0.39, 0.29) is 12.1 Å². The second-order valence-corrected chi connectivity index (χ2v) is 10.8. The van der Waals surface area contributed by atoms with E-state index >= 15 is 0 Å². The van der Waals surface area contributed by atoms with E-state index in [1.165, 1.54) is 0 Å². The van der Waals surface area contributed by atoms with Gasteiger partial charge < -0.3 is 15.0 Å². The molecule has 2 aliphatic heterocycles. The number of carbonyl (C=O) groups is 1. The number of urea groups is 1. The molecule has 166 valence electrons. The summed E-state index contributed by atoms with van der Waals surface area (Å²) in [4.78, 5) is 18.4. The lowest BCUT2D eigenvalue weighted by Crippen LogP contribution is -2.44. The van der Waals surface area contributed by atoms with Crippen LogP contribution in [-0.2, 0) is 23.1 Å². The maximum absolute atomic E-state index is 12.6. The van der Waals surface area contributed by atoms with Gasteiger partial charge in [0.05, 0.1) is 5.25 Å². The van der Waals surface area contributed by atoms with Crippen molar-refractivity contribution in [3.05, 3.63) is 53.9 Å². The normalized spacial score (nSPS) is 17.6. The molecule has 31 heavy (non-hydrogen) atoms. The van der Waals surface area contributed by atoms with Gasteiger partial charge in [0.2, 0.25) is 10.0 Å². The number of nitrogens with zero attached hydrogens (tertiary/aromatic N) is 3. The molecular weight excluding hydrogens is 416 g/mol. The molecule has 2 aromatic rings. The highest BCUT2D eigenvalue weighted by Gasteiger charge is 2.31. The van der Waals surface area contributed by atoms with Crippen molar-refractivity contribution in [2.45, 2.75) is 51.1 Å². The maximum atomic E-state index is 12.6. The standard InChI is InChI=1S/C22H28N4O4S/c1-16(2)31(28,29)26-11-8-21(9-12-26)30-20-5-3-19(4-6-20)24-22(27)25-14-17-7-10-23-13-18(17)15-25/h3-7,10,13,16,21H,8-9,11-12,14-15H2,1-2H3,(H,24,27). The lowest BCUT2D eigenvalue weighted by molar-refractivity contribution is 0.135. The zero-order valence-corrected chi connectivity index (χ0v) is 18.6. The molecule has 1 fully saturated rings. The molecule has 0 saturated carbocycles. The first-order valence-electron chi connectivity index (χ1n) is 10.6. The summed E-state index contributed by atoms with van der Waals surface area (Å²) < 4.78 is 32.1. The van der Waals surface area contributed by atoms with Crippen molar-refractivity contribution in [1.29, 1.82) is 0 Å². The Kier molecular flexibility index (Phi) is 6.15. The minimum atomic E-state index is -3.21. The van der Waals surface area contributed by atoms with Gasteiger partial charge in [-0.2, -0.15) is 0 Å². The largest absolute Gasteiger partial charge is 0.490 e. The van der Waals surface area contributed by atoms with E-state index < -0.39 is 15.3 Å². The molecule has 9 heteroatoms. The van der Waals surface area contributed by atoms with Crippen LogP contribution < -0.4 is 10.1 Å². The van der Waals surface area contributed by atoms with Gasteiger partial charge in [-0.3, -0.25) is 4.98 Å². The topological polar surface area (TPSA) is 91.8 Å². The van der Waals surface area contributed by atoms with Crippen LogP contribution in [0.25, 0.3) is 0 Å². The average molecular weight is 445 g/mol. The third-order valence-electron chi connectivity index (χ3n) is 5.78. The van der Waals surface area contributed by atoms with Crippen LogP contribution in [0.2, 0.25) is 0 Å². The summed E-state index contributed by atoms with van der Waals surface area (Å²) in [5.41, 5.74) is 2.90. The molecule has 2 aliphatic rings. The first-order valence-corrected chi connectivity index (χ1v) is 12.1. The van der Waals surface area contributed by atoms with Crippen LogP contribution in [0.5, 0.6) is 5.75 Å². The van der Waals surface area contributed by atoms with Gasteiger partial charge in [-0.25, -0.2) is 17.5 Å². The Balaban J connectivity index is 1.27. The number of sulfonamides is 1. The second kappa shape index (κ2) is 8.84. The molecule has 0 unspecified atom stereocenters. The molecule has 1 saturated heterocycles. The zero-order chi connectivity index (χ0) is 22.0. The fourth-order valence-electron chi connectivity index (χ4n) is 3.88. The SMILES string of the molecule is CC(C)S(=O)(=O)N1CCC(Oc2ccc(NC(=O)N3Cc4ccncc4C3)cc2)CC1. The summed E-state index contributed by atoms with van der Waals surface area (Å²) >= 11 is 0. The summed E-state index contributed by atoms with van der Waals surface area (Å²) in [7, 11) is -3.21. The number of hydrogen-bond acceptors (Lipinski definition) is 5. The summed E-state index contributed by atoms with van der Waals surface area (Å²) in [6, 6.07) is 9.08. The molecule has 0 atom stereocenters. The van der Waals surface area contributed by atoms with Crippen LogP contribution in [0.4, 0.5) is 10.5 Å². The first-order chi connectivity index (χ1) is 14.8. The van der Waals surface area contributed by atoms with Crippen LogP contribution >= 0.6 is 0 Å². The fourth-order valence-corrected chi connectivity index (χ4v) is 5.19. The van der Waals surface area contributed by atoms with Gasteiger partial charge in [-0.1, -0.05) is 0 Å². The van der Waals surface area contributed by atoms with Crippen molar-refractivity contribution in [1.82, 2.24) is 14.2 Å². The van der Waals surface area contributed by atoms with Gasteiger partial charge in [0.25, 0.3) is 0 Å². The third kappa shape index (κ3) is 4.83. The Morgan fingerprint density at radius 1 is 1.10 bits per heavy atom. The van der Waals surface area contributed by atoms with Crippen LogP contribution in [0.1, 0.15) is 37.8 Å². The van der Waals surface area contributed by atoms with Gasteiger partial charge in [0, 0.05) is 44.3 Å². The number of amides is 2. The van der Waals surface area contributed by atoms with Gasteiger partial charge in [0.1, 0.15) is 11.9 Å². The number of piperidine rings is 1. The third-order valence-corrected chi connectivity index (χ3v) is 8.06. The van der Waals surface area contributed by atoms with Crippen molar-refractivity contribution in [3.63, 3.8) is 0 Å². The monoisotopic (exact) mass is 444 g/mol. The molecule has 3 heterocycles. The molecular formula is C22H28N4O4S. The van der Waals surface area contributed by atoms with Crippen LogP contribution in [0.3, 0.4) is 0 Å². The van der Waals surface area contributed by atoms with Gasteiger partial charge in [-0.05, 0) is 68.1 Å². The summed E-state index contributed by atoms with van der Waals surface area (Å²) in [6.07, 6.45) is 4.85. The van der Waals surface area contributed by atoms with E-state index in [1.807, 2.05) is 30.3 Å². The summed E-state index contributed by atoms with van der Waals surface area (Å²) in [5, 5.41) is 2.52. The van der Waals surface area contributed by atoms with Crippen molar-refractivity contribution in [2.24, 2.45) is 0 Å². The van der Waals surface area contributed by atoms with Gasteiger partial charge in [0.15, 0.2) is 0 Å². The fraction of sp³-hybridized carbons (Fsp3) is 0.455. The highest BCUT2D eigenvalue weighted by atomic mass is 32.2. The average Bonchev–Trinajstić information content (AvgIpc) is 3.20. The Hall–Kier alpha value is -2.65. The van der Waals surface area contributed by atoms with E-state index in [4.69, 9.17) is 4.74 Å². The number of nitrogens with one attached hydrogen (secondary N) is 1. The summed E-state index contributed by atoms with van der Waals surface area (Å²) in [5.74, 6) is 0.711. The van der Waals surface area contributed by atoms with E-state index in [1.54, 1.807) is 35.4 Å². The van der Waals surface area contributed by atoms with Crippen molar-refractivity contribution in [2.75, 3.05) is 18.4 Å². The predicted molar refractivity (Wildman–Crippen MR) is 118 cm³/mol. The lowest BCUT2D eigenvalue weighted by atomic mass is 10.1. The molecule has 1 N–H and O–H groups in total. The van der Waals surface area contributed by atoms with E-state index in [0.717, 1.165) is 11.1 Å². The molecule has 0 aliphatic carbocycles. The number of anilines is 1. The van der Waals surface area contributed by atoms with Crippen LogP contribution in [0.15, 0.2) is 42.7 Å². The number of carbonyl (C=O) groups excluding carboxylic acids is 1. The Morgan fingerprint density at radius 3 is 2.42 bits per heavy atom. The number of benzene rings is 1. The number of aromatic nitrogens is 1. The molecule has 0 radical (unpaired) electrons. The lowest BCUT2D eigenvalue weighted by Gasteiger charge is -2.32. The molecule has 8 nitrogen and oxygen atoms in total. The number of rotatable bonds is 5. The molecule has 1 aromatic carbocycles. The van der Waals surface area contributed by atoms with Crippen molar-refractivity contribution < 1.29 is 17.9 Å². The molecule has 2 amide bonds. The maximum Gasteiger partial charge on any atom is 0.322 e. The van der Waals surface area contributed by atoms with Gasteiger partial charge >= 0.3 is 6.03 Å². The minimum Gasteiger partial charge on any atom is -0.490 e. The number of hydrogen-bond donors (Lipinski definition) is 1. The number of pyridine rings is 1. The van der Waals surface area contributed by atoms with Crippen LogP contribution in [0, 0.1) is 0 Å². The Bertz CT molecular complexity index is 1010. The molecule has 0 bridgehead atoms. The molecule has 1 aromatic heterocycles. The minimum absolute atomic E-state index is 0.0178. The summed E-state index contributed by atoms with van der Waals surface area (Å²) in [6.45, 7) is 5.51. The van der Waals surface area contributed by atoms with Crippen molar-refractivity contribution >= 4 is 21.7 Å². The predicted octanol–water partition coefficient (Wildman–Crippen LogP) is 3.21. The van der Waals surface area contributed by atoms with E-state index in [9.17, 15) is 13.2 Å². The van der Waals surface area contributed by atoms with E-state index in [2.05, 4.69) is 10.3 Å². The number of ether oxygens (including phenoxy) is 1. The van der Waals surface area contributed by atoms with Crippen LogP contribution in [-0.4, -0.2) is 53.1 Å².